The Labute approximate surface area is 77.5 Å². The molecule has 0 bridgehead atoms. The molecule has 2 aromatic rings. The van der Waals surface area contributed by atoms with Crippen LogP contribution in [-0.4, -0.2) is 5.11 Å². The average Bonchev–Trinajstić information content (AvgIpc) is 2.48. The van der Waals surface area contributed by atoms with E-state index in [1.807, 2.05) is 6.07 Å². The molecule has 0 atom stereocenters. The summed E-state index contributed by atoms with van der Waals surface area (Å²) in [6.07, 6.45) is 0. The van der Waals surface area contributed by atoms with Crippen molar-refractivity contribution in [1.29, 1.82) is 5.26 Å². The minimum Gasteiger partial charge on any atom is -0.506 e. The van der Waals surface area contributed by atoms with E-state index in [9.17, 15) is 9.50 Å². The van der Waals surface area contributed by atoms with Crippen molar-refractivity contribution in [1.82, 2.24) is 0 Å². The molecular formula is C9H4FNOS. The molecule has 1 N–H and O–H groups in total. The molecule has 0 radical (unpaired) electrons. The number of rotatable bonds is 0. The van der Waals surface area contributed by atoms with Gasteiger partial charge in [-0.3, -0.25) is 0 Å². The second-order valence-electron chi connectivity index (χ2n) is 2.57. The Balaban J connectivity index is 2.90. The normalized spacial score (nSPS) is 10.2. The molecular weight excluding hydrogens is 189 g/mol. The summed E-state index contributed by atoms with van der Waals surface area (Å²) in [5.74, 6) is -0.435. The summed E-state index contributed by atoms with van der Waals surface area (Å²) >= 11 is 1.13. The lowest BCUT2D eigenvalue weighted by molar-refractivity contribution is 0.482. The highest BCUT2D eigenvalue weighted by molar-refractivity contribution is 7.17. The van der Waals surface area contributed by atoms with E-state index < -0.39 is 5.82 Å². The number of thiophene rings is 1. The number of nitrogens with zero attached hydrogens (tertiary/aromatic N) is 1. The Morgan fingerprint density at radius 1 is 1.46 bits per heavy atom. The van der Waals surface area contributed by atoms with E-state index in [0.29, 0.717) is 10.1 Å². The molecule has 0 spiro atoms. The SMILES string of the molecule is N#Cc1cc(O)c2scc(F)c2c1. The maximum Gasteiger partial charge on any atom is 0.141 e. The van der Waals surface area contributed by atoms with Crippen molar-refractivity contribution in [3.63, 3.8) is 0 Å². The zero-order valence-corrected chi connectivity index (χ0v) is 7.23. The Morgan fingerprint density at radius 2 is 2.23 bits per heavy atom. The van der Waals surface area contributed by atoms with Crippen LogP contribution in [0.3, 0.4) is 0 Å². The minimum absolute atomic E-state index is 0.0389. The van der Waals surface area contributed by atoms with Crippen molar-refractivity contribution >= 4 is 21.4 Å². The van der Waals surface area contributed by atoms with Crippen LogP contribution in [0.15, 0.2) is 17.5 Å². The number of halogens is 1. The standard InChI is InChI=1S/C9H4FNOS/c10-7-4-13-9-6(7)1-5(3-11)2-8(9)12/h1-2,4,12H. The molecule has 1 aromatic carbocycles. The van der Waals surface area contributed by atoms with Crippen LogP contribution >= 0.6 is 11.3 Å². The number of nitriles is 1. The summed E-state index contributed by atoms with van der Waals surface area (Å²) in [5.41, 5.74) is 0.266. The van der Waals surface area contributed by atoms with Crippen molar-refractivity contribution in [3.05, 3.63) is 28.9 Å². The van der Waals surface area contributed by atoms with Crippen LogP contribution in [-0.2, 0) is 0 Å². The second-order valence-corrected chi connectivity index (χ2v) is 3.45. The van der Waals surface area contributed by atoms with Crippen molar-refractivity contribution in [2.75, 3.05) is 0 Å². The fourth-order valence-corrected chi connectivity index (χ4v) is 1.96. The van der Waals surface area contributed by atoms with Gasteiger partial charge in [0.1, 0.15) is 11.6 Å². The Hall–Kier alpha value is -1.60. The number of phenolic OH excluding ortho intramolecular Hbond substituents is 1. The molecule has 0 amide bonds. The van der Waals surface area contributed by atoms with Crippen LogP contribution in [0.2, 0.25) is 0 Å². The smallest absolute Gasteiger partial charge is 0.141 e. The Morgan fingerprint density at radius 3 is 2.92 bits per heavy atom. The van der Waals surface area contributed by atoms with E-state index in [2.05, 4.69) is 0 Å². The summed E-state index contributed by atoms with van der Waals surface area (Å²) in [6.45, 7) is 0. The van der Waals surface area contributed by atoms with Gasteiger partial charge in [-0.15, -0.1) is 11.3 Å². The molecule has 4 heteroatoms. The predicted octanol–water partition coefficient (Wildman–Crippen LogP) is 2.62. The Kier molecular flexibility index (Phi) is 1.67. The van der Waals surface area contributed by atoms with Crippen LogP contribution in [0.25, 0.3) is 10.1 Å². The highest BCUT2D eigenvalue weighted by Gasteiger charge is 2.08. The maximum absolute atomic E-state index is 13.0. The van der Waals surface area contributed by atoms with Gasteiger partial charge in [-0.2, -0.15) is 5.26 Å². The van der Waals surface area contributed by atoms with E-state index in [1.165, 1.54) is 17.5 Å². The van der Waals surface area contributed by atoms with E-state index in [4.69, 9.17) is 5.26 Å². The van der Waals surface area contributed by atoms with Gasteiger partial charge in [-0.1, -0.05) is 0 Å². The number of phenols is 1. The molecule has 0 aliphatic rings. The fourth-order valence-electron chi connectivity index (χ4n) is 1.15. The molecule has 1 aromatic heterocycles. The highest BCUT2D eigenvalue weighted by Crippen LogP contribution is 2.33. The van der Waals surface area contributed by atoms with E-state index in [1.54, 1.807) is 0 Å². The minimum atomic E-state index is -0.396. The fraction of sp³-hybridized carbons (Fsp3) is 0. The number of hydrogen-bond donors (Lipinski definition) is 1. The summed E-state index contributed by atoms with van der Waals surface area (Å²) in [4.78, 5) is 0. The molecule has 1 heterocycles. The van der Waals surface area contributed by atoms with Gasteiger partial charge >= 0.3 is 0 Å². The largest absolute Gasteiger partial charge is 0.506 e. The van der Waals surface area contributed by atoms with Crippen LogP contribution in [0.5, 0.6) is 5.75 Å². The van der Waals surface area contributed by atoms with Gasteiger partial charge in [0.15, 0.2) is 0 Å². The first-order valence-corrected chi connectivity index (χ1v) is 4.40. The van der Waals surface area contributed by atoms with Crippen molar-refractivity contribution in [2.24, 2.45) is 0 Å². The molecule has 2 nitrogen and oxygen atoms in total. The maximum atomic E-state index is 13.0. The average molecular weight is 193 g/mol. The van der Waals surface area contributed by atoms with E-state index >= 15 is 0 Å². The van der Waals surface area contributed by atoms with E-state index in [0.717, 1.165) is 11.3 Å². The van der Waals surface area contributed by atoms with Crippen LogP contribution < -0.4 is 0 Å². The van der Waals surface area contributed by atoms with Crippen LogP contribution in [0.1, 0.15) is 5.56 Å². The summed E-state index contributed by atoms with van der Waals surface area (Å²) in [6, 6.07) is 4.62. The number of aromatic hydroxyl groups is 1. The topological polar surface area (TPSA) is 44.0 Å². The zero-order valence-electron chi connectivity index (χ0n) is 6.41. The van der Waals surface area contributed by atoms with E-state index in [-0.39, 0.29) is 11.3 Å². The molecule has 13 heavy (non-hydrogen) atoms. The summed E-state index contributed by atoms with van der Waals surface area (Å²) < 4.78 is 13.5. The summed E-state index contributed by atoms with van der Waals surface area (Å²) in [5, 5.41) is 19.6. The quantitative estimate of drug-likeness (QED) is 0.698. The first-order chi connectivity index (χ1) is 6.22. The third-order valence-corrected chi connectivity index (χ3v) is 2.73. The van der Waals surface area contributed by atoms with Crippen molar-refractivity contribution in [3.8, 4) is 11.8 Å². The molecule has 0 aliphatic heterocycles. The van der Waals surface area contributed by atoms with Gasteiger partial charge < -0.3 is 5.11 Å². The molecule has 0 fully saturated rings. The first kappa shape index (κ1) is 8.02. The molecule has 0 aliphatic carbocycles. The zero-order chi connectivity index (χ0) is 9.42. The van der Waals surface area contributed by atoms with Gasteiger partial charge in [0.25, 0.3) is 0 Å². The molecule has 2 rings (SSSR count). The first-order valence-electron chi connectivity index (χ1n) is 3.52. The number of fused-ring (bicyclic) bond motifs is 1. The monoisotopic (exact) mass is 193 g/mol. The van der Waals surface area contributed by atoms with Crippen LogP contribution in [0.4, 0.5) is 4.39 Å². The molecule has 64 valence electrons. The van der Waals surface area contributed by atoms with Gasteiger partial charge in [-0.25, -0.2) is 4.39 Å². The van der Waals surface area contributed by atoms with Crippen LogP contribution in [0, 0.1) is 17.1 Å². The summed E-state index contributed by atoms with van der Waals surface area (Å²) in [7, 11) is 0. The van der Waals surface area contributed by atoms with Gasteiger partial charge in [0.05, 0.1) is 16.3 Å². The highest BCUT2D eigenvalue weighted by atomic mass is 32.1. The molecule has 0 unspecified atom stereocenters. The Bertz CT molecular complexity index is 512. The van der Waals surface area contributed by atoms with Gasteiger partial charge in [0.2, 0.25) is 0 Å². The second kappa shape index (κ2) is 2.71. The molecule has 0 saturated carbocycles. The number of benzene rings is 1. The lowest BCUT2D eigenvalue weighted by Crippen LogP contribution is -1.75. The predicted molar refractivity (Wildman–Crippen MR) is 48.2 cm³/mol. The molecule has 0 saturated heterocycles. The third-order valence-electron chi connectivity index (χ3n) is 1.74. The lowest BCUT2D eigenvalue weighted by atomic mass is 10.1. The van der Waals surface area contributed by atoms with Gasteiger partial charge in [-0.05, 0) is 12.1 Å². The number of hydrogen-bond acceptors (Lipinski definition) is 3. The van der Waals surface area contributed by atoms with Crippen molar-refractivity contribution in [2.45, 2.75) is 0 Å². The van der Waals surface area contributed by atoms with Gasteiger partial charge in [0, 0.05) is 10.8 Å². The van der Waals surface area contributed by atoms with Crippen molar-refractivity contribution < 1.29 is 9.50 Å². The lowest BCUT2D eigenvalue weighted by Gasteiger charge is -1.95. The third kappa shape index (κ3) is 1.14.